The summed E-state index contributed by atoms with van der Waals surface area (Å²) in [5.41, 5.74) is 0.962. The fourth-order valence-electron chi connectivity index (χ4n) is 1.74. The Labute approximate surface area is 108 Å². The Hall–Kier alpha value is -1.84. The monoisotopic (exact) mass is 244 g/mol. The number of benzene rings is 1. The van der Waals surface area contributed by atoms with Crippen molar-refractivity contribution in [3.63, 3.8) is 0 Å². The molecule has 0 aliphatic carbocycles. The van der Waals surface area contributed by atoms with Crippen molar-refractivity contribution in [2.24, 2.45) is 5.92 Å². The zero-order valence-electron chi connectivity index (χ0n) is 11.2. The molecule has 18 heavy (non-hydrogen) atoms. The molecule has 0 spiro atoms. The molecule has 2 aromatic rings. The maximum atomic E-state index is 4.49. The molecule has 0 fully saturated rings. The first-order chi connectivity index (χ1) is 8.74. The van der Waals surface area contributed by atoms with E-state index in [2.05, 4.69) is 34.4 Å². The number of nitrogens with zero attached hydrogens (tertiary/aromatic N) is 2. The number of fused-ring (bicyclic) bond motifs is 1. The summed E-state index contributed by atoms with van der Waals surface area (Å²) in [6.45, 7) is 5.36. The molecule has 0 saturated heterocycles. The van der Waals surface area contributed by atoms with E-state index < -0.39 is 0 Å². The number of para-hydroxylation sites is 1. The Bertz CT molecular complexity index is 524. The first kappa shape index (κ1) is 12.6. The molecular formula is C14H20N4. The van der Waals surface area contributed by atoms with Crippen LogP contribution in [-0.4, -0.2) is 23.6 Å². The predicted octanol–water partition coefficient (Wildman–Crippen LogP) is 3.13. The smallest absolute Gasteiger partial charge is 0.224 e. The molecule has 0 saturated carbocycles. The molecule has 96 valence electrons. The summed E-state index contributed by atoms with van der Waals surface area (Å²) in [5.74, 6) is 2.20. The number of nitrogens with one attached hydrogen (secondary N) is 2. The van der Waals surface area contributed by atoms with Crippen LogP contribution in [0.4, 0.5) is 11.8 Å². The Morgan fingerprint density at radius 3 is 2.72 bits per heavy atom. The van der Waals surface area contributed by atoms with Crippen molar-refractivity contribution in [2.45, 2.75) is 20.3 Å². The lowest BCUT2D eigenvalue weighted by atomic mass is 10.1. The average Bonchev–Trinajstić information content (AvgIpc) is 2.43. The topological polar surface area (TPSA) is 49.8 Å². The molecule has 1 atom stereocenters. The minimum atomic E-state index is 0.636. The molecule has 4 nitrogen and oxygen atoms in total. The summed E-state index contributed by atoms with van der Waals surface area (Å²) in [4.78, 5) is 8.93. The molecule has 2 N–H and O–H groups in total. The van der Waals surface area contributed by atoms with Gasteiger partial charge in [0.1, 0.15) is 5.82 Å². The van der Waals surface area contributed by atoms with Crippen LogP contribution in [0.15, 0.2) is 24.3 Å². The molecule has 1 unspecified atom stereocenters. The first-order valence-corrected chi connectivity index (χ1v) is 6.43. The van der Waals surface area contributed by atoms with Gasteiger partial charge in [-0.25, -0.2) is 4.98 Å². The van der Waals surface area contributed by atoms with E-state index in [1.54, 1.807) is 0 Å². The molecule has 0 aliphatic heterocycles. The lowest BCUT2D eigenvalue weighted by Gasteiger charge is -2.13. The largest absolute Gasteiger partial charge is 0.369 e. The summed E-state index contributed by atoms with van der Waals surface area (Å²) in [6.07, 6.45) is 1.16. The highest BCUT2D eigenvalue weighted by Crippen LogP contribution is 2.21. The molecule has 1 aromatic heterocycles. The van der Waals surface area contributed by atoms with E-state index in [0.717, 1.165) is 29.7 Å². The maximum Gasteiger partial charge on any atom is 0.224 e. The zero-order valence-corrected chi connectivity index (χ0v) is 11.2. The lowest BCUT2D eigenvalue weighted by Crippen LogP contribution is -2.12. The number of hydrogen-bond donors (Lipinski definition) is 2. The van der Waals surface area contributed by atoms with Crippen LogP contribution in [0.5, 0.6) is 0 Å². The van der Waals surface area contributed by atoms with E-state index in [1.807, 2.05) is 31.3 Å². The van der Waals surface area contributed by atoms with Gasteiger partial charge in [-0.15, -0.1) is 0 Å². The maximum absolute atomic E-state index is 4.49. The van der Waals surface area contributed by atoms with Gasteiger partial charge in [-0.1, -0.05) is 32.4 Å². The van der Waals surface area contributed by atoms with E-state index in [-0.39, 0.29) is 0 Å². The lowest BCUT2D eigenvalue weighted by molar-refractivity contribution is 0.593. The second-order valence-corrected chi connectivity index (χ2v) is 4.56. The van der Waals surface area contributed by atoms with Crippen molar-refractivity contribution in [3.8, 4) is 0 Å². The Kier molecular flexibility index (Phi) is 3.97. The quantitative estimate of drug-likeness (QED) is 0.848. The second kappa shape index (κ2) is 5.67. The number of hydrogen-bond acceptors (Lipinski definition) is 4. The van der Waals surface area contributed by atoms with Gasteiger partial charge in [0.2, 0.25) is 5.95 Å². The van der Waals surface area contributed by atoms with Gasteiger partial charge in [0.15, 0.2) is 0 Å². The summed E-state index contributed by atoms with van der Waals surface area (Å²) in [6, 6.07) is 8.06. The van der Waals surface area contributed by atoms with Gasteiger partial charge in [0.25, 0.3) is 0 Å². The highest BCUT2D eigenvalue weighted by molar-refractivity contribution is 5.89. The van der Waals surface area contributed by atoms with Crippen molar-refractivity contribution >= 4 is 22.7 Å². The molecule has 0 radical (unpaired) electrons. The van der Waals surface area contributed by atoms with Crippen LogP contribution in [0.2, 0.25) is 0 Å². The Morgan fingerprint density at radius 2 is 2.00 bits per heavy atom. The summed E-state index contributed by atoms with van der Waals surface area (Å²) >= 11 is 0. The van der Waals surface area contributed by atoms with Gasteiger partial charge >= 0.3 is 0 Å². The molecule has 0 aliphatic rings. The molecule has 0 bridgehead atoms. The van der Waals surface area contributed by atoms with E-state index in [0.29, 0.717) is 11.9 Å². The zero-order chi connectivity index (χ0) is 13.0. The van der Waals surface area contributed by atoms with Crippen LogP contribution < -0.4 is 10.6 Å². The summed E-state index contributed by atoms with van der Waals surface area (Å²) in [5, 5.41) is 7.49. The van der Waals surface area contributed by atoms with Crippen molar-refractivity contribution in [2.75, 3.05) is 24.2 Å². The molecule has 2 rings (SSSR count). The second-order valence-electron chi connectivity index (χ2n) is 4.56. The fourth-order valence-corrected chi connectivity index (χ4v) is 1.74. The van der Waals surface area contributed by atoms with E-state index >= 15 is 0 Å². The van der Waals surface area contributed by atoms with Gasteiger partial charge in [-0.3, -0.25) is 0 Å². The molecular weight excluding hydrogens is 224 g/mol. The number of aromatic nitrogens is 2. The third-order valence-electron chi connectivity index (χ3n) is 3.14. The molecule has 1 heterocycles. The van der Waals surface area contributed by atoms with Crippen LogP contribution in [-0.2, 0) is 0 Å². The van der Waals surface area contributed by atoms with Gasteiger partial charge in [0, 0.05) is 19.0 Å². The standard InChI is InChI=1S/C14H20N4/c1-4-10(2)9-16-13-11-7-5-6-8-12(11)17-14(15-3)18-13/h5-8,10H,4,9H2,1-3H3,(H2,15,16,17,18). The number of rotatable bonds is 5. The normalized spacial score (nSPS) is 12.4. The number of anilines is 2. The highest BCUT2D eigenvalue weighted by atomic mass is 15.1. The highest BCUT2D eigenvalue weighted by Gasteiger charge is 2.07. The van der Waals surface area contributed by atoms with Crippen molar-refractivity contribution in [1.82, 2.24) is 9.97 Å². The van der Waals surface area contributed by atoms with Gasteiger partial charge in [0.05, 0.1) is 5.52 Å². The summed E-state index contributed by atoms with van der Waals surface area (Å²) in [7, 11) is 1.84. The van der Waals surface area contributed by atoms with Crippen molar-refractivity contribution in [1.29, 1.82) is 0 Å². The molecule has 0 amide bonds. The van der Waals surface area contributed by atoms with Crippen LogP contribution in [0.1, 0.15) is 20.3 Å². The third-order valence-corrected chi connectivity index (χ3v) is 3.14. The van der Waals surface area contributed by atoms with Gasteiger partial charge in [-0.2, -0.15) is 4.98 Å². The summed E-state index contributed by atoms with van der Waals surface area (Å²) < 4.78 is 0. The SMILES string of the molecule is CCC(C)CNc1nc(NC)nc2ccccc12. The van der Waals surface area contributed by atoms with E-state index in [4.69, 9.17) is 0 Å². The van der Waals surface area contributed by atoms with Crippen LogP contribution in [0.25, 0.3) is 10.9 Å². The van der Waals surface area contributed by atoms with Crippen LogP contribution in [0, 0.1) is 5.92 Å². The third kappa shape index (κ3) is 2.70. The van der Waals surface area contributed by atoms with Crippen molar-refractivity contribution in [3.05, 3.63) is 24.3 Å². The fraction of sp³-hybridized carbons (Fsp3) is 0.429. The predicted molar refractivity (Wildman–Crippen MR) is 77.0 cm³/mol. The molecule has 1 aromatic carbocycles. The molecule has 4 heteroatoms. The van der Waals surface area contributed by atoms with Gasteiger partial charge < -0.3 is 10.6 Å². The minimum absolute atomic E-state index is 0.636. The minimum Gasteiger partial charge on any atom is -0.369 e. The average molecular weight is 244 g/mol. The van der Waals surface area contributed by atoms with Crippen LogP contribution >= 0.6 is 0 Å². The van der Waals surface area contributed by atoms with Crippen LogP contribution in [0.3, 0.4) is 0 Å². The van der Waals surface area contributed by atoms with E-state index in [1.165, 1.54) is 0 Å². The Balaban J connectivity index is 2.34. The van der Waals surface area contributed by atoms with Gasteiger partial charge in [-0.05, 0) is 18.1 Å². The van der Waals surface area contributed by atoms with E-state index in [9.17, 15) is 0 Å². The Morgan fingerprint density at radius 1 is 1.22 bits per heavy atom. The first-order valence-electron chi connectivity index (χ1n) is 6.43. The van der Waals surface area contributed by atoms with Crippen molar-refractivity contribution < 1.29 is 0 Å².